The molecule has 18 heavy (non-hydrogen) atoms. The van der Waals surface area contributed by atoms with Crippen LogP contribution in [0.5, 0.6) is 5.75 Å². The highest BCUT2D eigenvalue weighted by Gasteiger charge is 2.23. The summed E-state index contributed by atoms with van der Waals surface area (Å²) in [6, 6.07) is 4.34. The minimum absolute atomic E-state index is 0.0410. The minimum Gasteiger partial charge on any atom is -0.508 e. The van der Waals surface area contributed by atoms with Gasteiger partial charge in [-0.2, -0.15) is 0 Å². The number of aliphatic carboxylic acids is 1. The zero-order valence-electron chi connectivity index (χ0n) is 9.79. The van der Waals surface area contributed by atoms with E-state index in [0.717, 1.165) is 0 Å². The zero-order chi connectivity index (χ0) is 13.7. The van der Waals surface area contributed by atoms with Crippen LogP contribution in [0.3, 0.4) is 0 Å². The van der Waals surface area contributed by atoms with Crippen LogP contribution in [0.25, 0.3) is 0 Å². The number of carboxylic acid groups (broad SMARTS) is 1. The maximum absolute atomic E-state index is 11.0. The van der Waals surface area contributed by atoms with Gasteiger partial charge in [0.2, 0.25) is 0 Å². The van der Waals surface area contributed by atoms with E-state index in [1.54, 1.807) is 6.07 Å². The number of hydrogen-bond donors (Lipinski definition) is 3. The Balaban J connectivity index is 3.00. The highest BCUT2D eigenvalue weighted by Crippen LogP contribution is 2.29. The Labute approximate surface area is 103 Å². The molecule has 98 valence electrons. The van der Waals surface area contributed by atoms with Crippen LogP contribution in [0.4, 0.5) is 0 Å². The molecule has 0 aliphatic carbocycles. The summed E-state index contributed by atoms with van der Waals surface area (Å²) in [5.41, 5.74) is 0.309. The molecule has 0 fully saturated rings. The van der Waals surface area contributed by atoms with E-state index in [0.29, 0.717) is 5.56 Å². The van der Waals surface area contributed by atoms with Crippen molar-refractivity contribution in [3.8, 4) is 5.75 Å². The standard InChI is InChI=1S/C12H14O6/c1-18-9(14)6-5-7-3-2-4-8(13)10(7)11(15)12(16)17/h2-4,11,13,15H,5-6H2,1H3,(H,16,17). The Kier molecular flexibility index (Phi) is 4.67. The lowest BCUT2D eigenvalue weighted by Gasteiger charge is -2.13. The van der Waals surface area contributed by atoms with Crippen LogP contribution in [0.2, 0.25) is 0 Å². The minimum atomic E-state index is -1.82. The molecule has 0 spiro atoms. The van der Waals surface area contributed by atoms with Gasteiger partial charge in [-0.15, -0.1) is 0 Å². The molecule has 0 aliphatic heterocycles. The first-order chi connectivity index (χ1) is 8.47. The van der Waals surface area contributed by atoms with Crippen molar-refractivity contribution in [1.82, 2.24) is 0 Å². The first-order valence-corrected chi connectivity index (χ1v) is 5.25. The quantitative estimate of drug-likeness (QED) is 0.665. The lowest BCUT2D eigenvalue weighted by molar-refractivity contribution is -0.147. The third-order valence-corrected chi connectivity index (χ3v) is 2.51. The number of carbonyl (C=O) groups excluding carboxylic acids is 1. The average Bonchev–Trinajstić information content (AvgIpc) is 2.35. The Bertz CT molecular complexity index is 454. The van der Waals surface area contributed by atoms with Gasteiger partial charge < -0.3 is 20.1 Å². The van der Waals surface area contributed by atoms with E-state index in [4.69, 9.17) is 5.11 Å². The fourth-order valence-electron chi connectivity index (χ4n) is 1.60. The van der Waals surface area contributed by atoms with Gasteiger partial charge in [-0.3, -0.25) is 4.79 Å². The van der Waals surface area contributed by atoms with Gasteiger partial charge in [0.15, 0.2) is 6.10 Å². The molecule has 0 aromatic heterocycles. The SMILES string of the molecule is COC(=O)CCc1cccc(O)c1C(O)C(=O)O. The number of aliphatic hydroxyl groups excluding tert-OH is 1. The van der Waals surface area contributed by atoms with Gasteiger partial charge >= 0.3 is 11.9 Å². The number of carbonyl (C=O) groups is 2. The van der Waals surface area contributed by atoms with Crippen molar-refractivity contribution in [3.05, 3.63) is 29.3 Å². The van der Waals surface area contributed by atoms with Gasteiger partial charge in [0.25, 0.3) is 0 Å². The van der Waals surface area contributed by atoms with Gasteiger partial charge in [0, 0.05) is 12.0 Å². The molecule has 1 rings (SSSR count). The summed E-state index contributed by atoms with van der Waals surface area (Å²) in [6.45, 7) is 0. The maximum Gasteiger partial charge on any atom is 0.337 e. The summed E-state index contributed by atoms with van der Waals surface area (Å²) >= 11 is 0. The number of aryl methyl sites for hydroxylation is 1. The number of aromatic hydroxyl groups is 1. The number of rotatable bonds is 5. The highest BCUT2D eigenvalue weighted by molar-refractivity contribution is 5.76. The van der Waals surface area contributed by atoms with Gasteiger partial charge in [0.05, 0.1) is 7.11 Å². The van der Waals surface area contributed by atoms with Crippen molar-refractivity contribution >= 4 is 11.9 Å². The lowest BCUT2D eigenvalue weighted by Crippen LogP contribution is -2.14. The van der Waals surface area contributed by atoms with E-state index in [1.165, 1.54) is 19.2 Å². The number of carboxylic acids is 1. The number of ether oxygens (including phenoxy) is 1. The number of phenols is 1. The second-order valence-electron chi connectivity index (χ2n) is 3.67. The van der Waals surface area contributed by atoms with Crippen molar-refractivity contribution in [3.63, 3.8) is 0 Å². The number of hydrogen-bond acceptors (Lipinski definition) is 5. The molecule has 0 radical (unpaired) electrons. The fourth-order valence-corrected chi connectivity index (χ4v) is 1.60. The first-order valence-electron chi connectivity index (χ1n) is 5.25. The third-order valence-electron chi connectivity index (χ3n) is 2.51. The molecule has 0 heterocycles. The van der Waals surface area contributed by atoms with E-state index in [1.807, 2.05) is 0 Å². The molecule has 0 bridgehead atoms. The second-order valence-corrected chi connectivity index (χ2v) is 3.67. The van der Waals surface area contributed by atoms with E-state index in [2.05, 4.69) is 4.74 Å². The average molecular weight is 254 g/mol. The number of esters is 1. The van der Waals surface area contributed by atoms with Crippen LogP contribution >= 0.6 is 0 Å². The molecule has 6 nitrogen and oxygen atoms in total. The van der Waals surface area contributed by atoms with Crippen LogP contribution in [0.1, 0.15) is 23.7 Å². The topological polar surface area (TPSA) is 104 Å². The largest absolute Gasteiger partial charge is 0.508 e. The van der Waals surface area contributed by atoms with Crippen LogP contribution in [-0.2, 0) is 20.7 Å². The third kappa shape index (κ3) is 3.21. The van der Waals surface area contributed by atoms with E-state index < -0.39 is 18.0 Å². The number of methoxy groups -OCH3 is 1. The molecule has 3 N–H and O–H groups in total. The molecule has 1 aromatic rings. The van der Waals surface area contributed by atoms with Crippen molar-refractivity contribution in [2.24, 2.45) is 0 Å². The van der Waals surface area contributed by atoms with Gasteiger partial charge in [-0.1, -0.05) is 12.1 Å². The van der Waals surface area contributed by atoms with Gasteiger partial charge in [-0.05, 0) is 18.1 Å². The van der Waals surface area contributed by atoms with Crippen molar-refractivity contribution < 1.29 is 29.6 Å². The van der Waals surface area contributed by atoms with E-state index in [-0.39, 0.29) is 24.2 Å². The molecule has 0 saturated carbocycles. The molecule has 0 saturated heterocycles. The maximum atomic E-state index is 11.0. The Morgan fingerprint density at radius 1 is 1.39 bits per heavy atom. The first kappa shape index (κ1) is 14.0. The molecule has 0 amide bonds. The summed E-state index contributed by atoms with van der Waals surface area (Å²) in [7, 11) is 1.25. The predicted octanol–water partition coefficient (Wildman–Crippen LogP) is 0.616. The fraction of sp³-hybridized carbons (Fsp3) is 0.333. The highest BCUT2D eigenvalue weighted by atomic mass is 16.5. The van der Waals surface area contributed by atoms with Crippen molar-refractivity contribution in [2.75, 3.05) is 7.11 Å². The summed E-state index contributed by atoms with van der Waals surface area (Å²) in [5.74, 6) is -2.22. The Morgan fingerprint density at radius 2 is 2.06 bits per heavy atom. The molecule has 6 heteroatoms. The molecular formula is C12H14O6. The molecule has 1 unspecified atom stereocenters. The summed E-state index contributed by atoms with van der Waals surface area (Å²) in [4.78, 5) is 21.8. The monoisotopic (exact) mass is 254 g/mol. The van der Waals surface area contributed by atoms with Gasteiger partial charge in [-0.25, -0.2) is 4.79 Å². The normalized spacial score (nSPS) is 11.9. The lowest BCUT2D eigenvalue weighted by atomic mass is 9.97. The van der Waals surface area contributed by atoms with Crippen LogP contribution in [0, 0.1) is 0 Å². The number of phenolic OH excluding ortho intramolecular Hbond substituents is 1. The molecule has 1 atom stereocenters. The van der Waals surface area contributed by atoms with Crippen LogP contribution in [0.15, 0.2) is 18.2 Å². The molecular weight excluding hydrogens is 240 g/mol. The predicted molar refractivity (Wildman–Crippen MR) is 61.0 cm³/mol. The Morgan fingerprint density at radius 3 is 2.61 bits per heavy atom. The van der Waals surface area contributed by atoms with Crippen molar-refractivity contribution in [2.45, 2.75) is 18.9 Å². The van der Waals surface area contributed by atoms with Crippen molar-refractivity contribution in [1.29, 1.82) is 0 Å². The summed E-state index contributed by atoms with van der Waals surface area (Å²) < 4.78 is 4.47. The molecule has 1 aromatic carbocycles. The second kappa shape index (κ2) is 6.02. The summed E-state index contributed by atoms with van der Waals surface area (Å²) in [5, 5.41) is 27.9. The van der Waals surface area contributed by atoms with E-state index in [9.17, 15) is 19.8 Å². The smallest absolute Gasteiger partial charge is 0.337 e. The Hall–Kier alpha value is -2.08. The number of benzene rings is 1. The number of aliphatic hydroxyl groups is 1. The zero-order valence-corrected chi connectivity index (χ0v) is 9.79. The van der Waals surface area contributed by atoms with E-state index >= 15 is 0 Å². The van der Waals surface area contributed by atoms with Gasteiger partial charge in [0.1, 0.15) is 5.75 Å². The van der Waals surface area contributed by atoms with Crippen LogP contribution < -0.4 is 0 Å². The van der Waals surface area contributed by atoms with Crippen LogP contribution in [-0.4, -0.2) is 34.4 Å². The molecule has 0 aliphatic rings. The summed E-state index contributed by atoms with van der Waals surface area (Å²) in [6.07, 6.45) is -1.60.